The summed E-state index contributed by atoms with van der Waals surface area (Å²) in [5, 5.41) is 4.22. The summed E-state index contributed by atoms with van der Waals surface area (Å²) >= 11 is 1.80. The van der Waals surface area contributed by atoms with Crippen molar-refractivity contribution in [3.8, 4) is 16.5 Å². The smallest absolute Gasteiger partial charge is 0.322 e. The molecule has 38 heavy (non-hydrogen) atoms. The number of carbonyl (C=O) groups excluding carboxylic acids is 1. The first-order valence-corrected chi connectivity index (χ1v) is 13.3. The molecule has 7 nitrogen and oxygen atoms in total. The highest BCUT2D eigenvalue weighted by Crippen LogP contribution is 2.43. The van der Waals surface area contributed by atoms with Gasteiger partial charge in [0.1, 0.15) is 10.8 Å². The maximum atomic E-state index is 14.1. The van der Waals surface area contributed by atoms with Crippen LogP contribution in [0.4, 0.5) is 14.9 Å². The van der Waals surface area contributed by atoms with Crippen molar-refractivity contribution < 1.29 is 18.7 Å². The van der Waals surface area contributed by atoms with Crippen LogP contribution in [0.5, 0.6) is 11.5 Å². The average molecular weight is 533 g/mol. The third-order valence-corrected chi connectivity index (χ3v) is 8.60. The molecule has 0 spiro atoms. The lowest BCUT2D eigenvalue weighted by molar-refractivity contribution is 0.194. The summed E-state index contributed by atoms with van der Waals surface area (Å²) in [6.45, 7) is 2.32. The summed E-state index contributed by atoms with van der Waals surface area (Å²) in [7, 11) is 5.28. The summed E-state index contributed by atoms with van der Waals surface area (Å²) < 4.78 is 26.9. The van der Waals surface area contributed by atoms with Gasteiger partial charge < -0.3 is 29.2 Å². The molecule has 4 aromatic rings. The number of benzene rings is 2. The van der Waals surface area contributed by atoms with E-state index in [0.29, 0.717) is 23.7 Å². The number of methoxy groups -OCH3 is 2. The largest absolute Gasteiger partial charge is 0.493 e. The Balaban J connectivity index is 1.46. The Bertz CT molecular complexity index is 1500. The molecule has 1 N–H and O–H groups in total. The third kappa shape index (κ3) is 4.21. The number of fused-ring (bicyclic) bond motifs is 5. The molecule has 196 valence electrons. The lowest BCUT2D eigenvalue weighted by Crippen LogP contribution is -2.38. The highest BCUT2D eigenvalue weighted by Gasteiger charge is 2.36. The first kappa shape index (κ1) is 24.5. The molecule has 4 heterocycles. The Morgan fingerprint density at radius 2 is 1.82 bits per heavy atom. The molecular weight excluding hydrogens is 503 g/mol. The van der Waals surface area contributed by atoms with Crippen LogP contribution in [0, 0.1) is 5.82 Å². The van der Waals surface area contributed by atoms with Gasteiger partial charge in [-0.1, -0.05) is 12.1 Å². The summed E-state index contributed by atoms with van der Waals surface area (Å²) in [5.41, 5.74) is 4.93. The van der Waals surface area contributed by atoms with Crippen molar-refractivity contribution in [3.05, 3.63) is 93.9 Å². The second-order valence-corrected chi connectivity index (χ2v) is 10.7. The molecule has 0 aliphatic carbocycles. The van der Waals surface area contributed by atoms with Crippen LogP contribution >= 0.6 is 11.3 Å². The van der Waals surface area contributed by atoms with Crippen LogP contribution in [0.25, 0.3) is 5.00 Å². The van der Waals surface area contributed by atoms with E-state index in [4.69, 9.17) is 9.47 Å². The minimum absolute atomic E-state index is 0.250. The number of amides is 2. The molecule has 0 saturated heterocycles. The van der Waals surface area contributed by atoms with E-state index in [0.717, 1.165) is 35.8 Å². The van der Waals surface area contributed by atoms with E-state index in [1.54, 1.807) is 55.9 Å². The number of aromatic nitrogens is 1. The van der Waals surface area contributed by atoms with E-state index >= 15 is 0 Å². The zero-order chi connectivity index (χ0) is 26.4. The first-order valence-electron chi connectivity index (χ1n) is 12.5. The number of thiophene rings is 1. The second kappa shape index (κ2) is 9.81. The minimum Gasteiger partial charge on any atom is -0.493 e. The fourth-order valence-electron chi connectivity index (χ4n) is 5.46. The van der Waals surface area contributed by atoms with Gasteiger partial charge in [-0.15, -0.1) is 11.3 Å². The summed E-state index contributed by atoms with van der Waals surface area (Å²) in [4.78, 5) is 19.6. The fourth-order valence-corrected chi connectivity index (χ4v) is 6.90. The van der Waals surface area contributed by atoms with Gasteiger partial charge in [0.2, 0.25) is 0 Å². The molecule has 2 aromatic carbocycles. The number of hydrogen-bond donors (Lipinski definition) is 1. The van der Waals surface area contributed by atoms with Crippen molar-refractivity contribution in [1.29, 1.82) is 0 Å². The topological polar surface area (TPSA) is 59.0 Å². The summed E-state index contributed by atoms with van der Waals surface area (Å²) in [5.74, 6) is 0.807. The molecule has 0 fully saturated rings. The van der Waals surface area contributed by atoms with Crippen LogP contribution < -0.4 is 14.8 Å². The highest BCUT2D eigenvalue weighted by molar-refractivity contribution is 7.15. The Hall–Kier alpha value is -3.82. The molecule has 1 atom stereocenters. The zero-order valence-corrected chi connectivity index (χ0v) is 22.3. The van der Waals surface area contributed by atoms with Crippen molar-refractivity contribution in [1.82, 2.24) is 14.4 Å². The Morgan fingerprint density at radius 3 is 2.58 bits per heavy atom. The minimum atomic E-state index is -0.410. The maximum Gasteiger partial charge on any atom is 0.322 e. The molecule has 2 aromatic heterocycles. The maximum absolute atomic E-state index is 14.1. The Kier molecular flexibility index (Phi) is 6.33. The van der Waals surface area contributed by atoms with Crippen molar-refractivity contribution >= 4 is 23.1 Å². The van der Waals surface area contributed by atoms with Crippen LogP contribution in [0.1, 0.15) is 33.3 Å². The standard InChI is InChI=1S/C29H29FN4O3S/c1-32-14-12-21-22-16-34(29(35)31-20-10-11-24(36-2)25(15-20)37-3)27(18-6-8-19(30)9-7-18)23-5-4-13-33(23)28(22)38-26(21)17-32/h4-11,13,15,27H,12,14,16-17H2,1-3H3,(H,31,35)/t27-/m0/s1. The molecule has 6 rings (SSSR count). The molecule has 0 radical (unpaired) electrons. The van der Waals surface area contributed by atoms with Gasteiger partial charge in [-0.25, -0.2) is 9.18 Å². The Morgan fingerprint density at radius 1 is 1.03 bits per heavy atom. The van der Waals surface area contributed by atoms with E-state index in [1.807, 2.05) is 17.0 Å². The van der Waals surface area contributed by atoms with Gasteiger partial charge in [0.15, 0.2) is 11.5 Å². The van der Waals surface area contributed by atoms with Gasteiger partial charge >= 0.3 is 6.03 Å². The molecule has 2 aliphatic heterocycles. The second-order valence-electron chi connectivity index (χ2n) is 9.66. The Labute approximate surface area is 225 Å². The predicted molar refractivity (Wildman–Crippen MR) is 146 cm³/mol. The van der Waals surface area contributed by atoms with E-state index in [2.05, 4.69) is 28.0 Å². The van der Waals surface area contributed by atoms with E-state index in [-0.39, 0.29) is 11.8 Å². The quantitative estimate of drug-likeness (QED) is 0.360. The predicted octanol–water partition coefficient (Wildman–Crippen LogP) is 5.82. The number of likely N-dealkylation sites (N-methyl/N-ethyl adjacent to an activating group) is 1. The average Bonchev–Trinajstić information content (AvgIpc) is 3.50. The zero-order valence-electron chi connectivity index (χ0n) is 21.5. The van der Waals surface area contributed by atoms with E-state index < -0.39 is 6.04 Å². The van der Waals surface area contributed by atoms with Crippen molar-refractivity contribution in [3.63, 3.8) is 0 Å². The van der Waals surface area contributed by atoms with Gasteiger partial charge in [0.05, 0.1) is 32.5 Å². The molecule has 2 aliphatic rings. The fraction of sp³-hybridized carbons (Fsp3) is 0.276. The normalized spacial score (nSPS) is 16.7. The molecule has 0 saturated carbocycles. The third-order valence-electron chi connectivity index (χ3n) is 7.34. The number of halogens is 1. The number of urea groups is 1. The van der Waals surface area contributed by atoms with E-state index in [9.17, 15) is 9.18 Å². The number of rotatable bonds is 4. The first-order chi connectivity index (χ1) is 18.5. The molecule has 2 amide bonds. The number of hydrogen-bond acceptors (Lipinski definition) is 5. The van der Waals surface area contributed by atoms with Gasteiger partial charge in [0.25, 0.3) is 0 Å². The van der Waals surface area contributed by atoms with Gasteiger partial charge in [-0.2, -0.15) is 0 Å². The lowest BCUT2D eigenvalue weighted by Gasteiger charge is -2.32. The molecule has 0 bridgehead atoms. The van der Waals surface area contributed by atoms with Crippen LogP contribution in [0.15, 0.2) is 60.8 Å². The molecule has 9 heteroatoms. The van der Waals surface area contributed by atoms with E-state index in [1.165, 1.54) is 28.1 Å². The summed E-state index contributed by atoms with van der Waals surface area (Å²) in [6.07, 6.45) is 3.01. The molecular formula is C29H29FN4O3S. The monoisotopic (exact) mass is 532 g/mol. The SMILES string of the molecule is COc1ccc(NC(=O)N2Cc3c(sc4c3CCN(C)C4)-n3cccc3[C@@H]2c2ccc(F)cc2)cc1OC. The van der Waals surface area contributed by atoms with Gasteiger partial charge in [-0.05, 0) is 61.0 Å². The number of carbonyl (C=O) groups is 1. The summed E-state index contributed by atoms with van der Waals surface area (Å²) in [6, 6.07) is 15.1. The van der Waals surface area contributed by atoms with Gasteiger partial charge in [0, 0.05) is 41.5 Å². The lowest BCUT2D eigenvalue weighted by atomic mass is 10.0. The van der Waals surface area contributed by atoms with Crippen LogP contribution in [0.3, 0.4) is 0 Å². The van der Waals surface area contributed by atoms with Crippen molar-refractivity contribution in [2.24, 2.45) is 0 Å². The number of ether oxygens (including phenoxy) is 2. The van der Waals surface area contributed by atoms with Gasteiger partial charge in [-0.3, -0.25) is 0 Å². The number of nitrogens with zero attached hydrogens (tertiary/aromatic N) is 3. The highest BCUT2D eigenvalue weighted by atomic mass is 32.1. The van der Waals surface area contributed by atoms with Crippen LogP contribution in [-0.2, 0) is 19.5 Å². The number of nitrogens with one attached hydrogen (secondary N) is 1. The van der Waals surface area contributed by atoms with Crippen LogP contribution in [0.2, 0.25) is 0 Å². The van der Waals surface area contributed by atoms with Crippen LogP contribution in [-0.4, -0.2) is 48.2 Å². The number of anilines is 1. The van der Waals surface area contributed by atoms with Crippen molar-refractivity contribution in [2.45, 2.75) is 25.6 Å². The van der Waals surface area contributed by atoms with Crippen molar-refractivity contribution in [2.75, 3.05) is 33.1 Å². The molecule has 0 unspecified atom stereocenters.